The molecule has 0 bridgehead atoms. The van der Waals surface area contributed by atoms with E-state index < -0.39 is 23.6 Å². The lowest BCUT2D eigenvalue weighted by atomic mass is 9.73. The van der Waals surface area contributed by atoms with Gasteiger partial charge in [0.2, 0.25) is 0 Å². The summed E-state index contributed by atoms with van der Waals surface area (Å²) in [4.78, 5) is 11.4. The third-order valence-electron chi connectivity index (χ3n) is 3.57. The average Bonchev–Trinajstić information content (AvgIpc) is 2.28. The molecule has 0 aromatic rings. The summed E-state index contributed by atoms with van der Waals surface area (Å²) in [5.41, 5.74) is -0.764. The van der Waals surface area contributed by atoms with E-state index in [4.69, 9.17) is 0 Å². The molecule has 18 heavy (non-hydrogen) atoms. The van der Waals surface area contributed by atoms with E-state index in [1.807, 2.05) is 6.92 Å². The van der Waals surface area contributed by atoms with Gasteiger partial charge in [-0.05, 0) is 25.8 Å². The Hall–Kier alpha value is -0.780. The predicted octanol–water partition coefficient (Wildman–Crippen LogP) is 2.65. The molecule has 0 aromatic carbocycles. The highest BCUT2D eigenvalue weighted by molar-refractivity contribution is 5.70. The zero-order chi connectivity index (χ0) is 13.8. The van der Waals surface area contributed by atoms with Gasteiger partial charge in [0.05, 0.1) is 19.4 Å². The fourth-order valence-corrected chi connectivity index (χ4v) is 2.75. The van der Waals surface area contributed by atoms with Crippen molar-refractivity contribution < 1.29 is 22.7 Å². The molecule has 0 aromatic heterocycles. The smallest absolute Gasteiger partial charge is 0.391 e. The fourth-order valence-electron chi connectivity index (χ4n) is 2.75. The van der Waals surface area contributed by atoms with Crippen LogP contribution in [0.1, 0.15) is 39.0 Å². The number of carbonyl (C=O) groups is 1. The summed E-state index contributed by atoms with van der Waals surface area (Å²) < 4.78 is 43.0. The molecule has 0 radical (unpaired) electrons. The molecule has 0 aliphatic heterocycles. The highest BCUT2D eigenvalue weighted by Crippen LogP contribution is 2.43. The normalized spacial score (nSPS) is 29.1. The zero-order valence-corrected chi connectivity index (χ0v) is 10.8. The second-order valence-corrected chi connectivity index (χ2v) is 4.90. The van der Waals surface area contributed by atoms with Crippen molar-refractivity contribution in [1.82, 2.24) is 5.32 Å². The minimum Gasteiger partial charge on any atom is -0.469 e. The molecule has 0 amide bonds. The van der Waals surface area contributed by atoms with Crippen LogP contribution >= 0.6 is 0 Å². The maximum absolute atomic E-state index is 12.8. The first kappa shape index (κ1) is 15.3. The Labute approximate surface area is 105 Å². The molecule has 1 aliphatic rings. The lowest BCUT2D eigenvalue weighted by Gasteiger charge is -2.41. The molecule has 0 spiro atoms. The maximum Gasteiger partial charge on any atom is 0.391 e. The Kier molecular flexibility index (Phi) is 5.01. The number of ether oxygens (including phenoxy) is 1. The molecule has 1 aliphatic carbocycles. The molecular weight excluding hydrogens is 247 g/mol. The molecule has 2 unspecified atom stereocenters. The topological polar surface area (TPSA) is 38.3 Å². The fraction of sp³-hybridized carbons (Fsp3) is 0.917. The van der Waals surface area contributed by atoms with Crippen molar-refractivity contribution in [3.63, 3.8) is 0 Å². The molecule has 1 fully saturated rings. The standard InChI is InChI=1S/C12H20F3NO2/c1-3-16-11(8-10(17)18-2)6-4-5-9(7-11)12(13,14)15/h9,16H,3-8H2,1-2H3. The van der Waals surface area contributed by atoms with Crippen LogP contribution in [0.2, 0.25) is 0 Å². The van der Waals surface area contributed by atoms with Crippen LogP contribution in [0.4, 0.5) is 13.2 Å². The van der Waals surface area contributed by atoms with E-state index >= 15 is 0 Å². The molecular formula is C12H20F3NO2. The lowest BCUT2D eigenvalue weighted by molar-refractivity contribution is -0.189. The quantitative estimate of drug-likeness (QED) is 0.796. The predicted molar refractivity (Wildman–Crippen MR) is 61.1 cm³/mol. The van der Waals surface area contributed by atoms with Crippen LogP contribution in [0, 0.1) is 5.92 Å². The molecule has 6 heteroatoms. The van der Waals surface area contributed by atoms with Gasteiger partial charge < -0.3 is 10.1 Å². The number of halogens is 3. The molecule has 1 saturated carbocycles. The lowest BCUT2D eigenvalue weighted by Crippen LogP contribution is -2.52. The van der Waals surface area contributed by atoms with Crippen molar-refractivity contribution >= 4 is 5.97 Å². The van der Waals surface area contributed by atoms with Crippen molar-refractivity contribution in [3.8, 4) is 0 Å². The van der Waals surface area contributed by atoms with Gasteiger partial charge in [-0.15, -0.1) is 0 Å². The number of esters is 1. The Bertz CT molecular complexity index is 290. The molecule has 1 rings (SSSR count). The number of carbonyl (C=O) groups excluding carboxylic acids is 1. The first-order valence-electron chi connectivity index (χ1n) is 6.21. The molecule has 2 atom stereocenters. The van der Waals surface area contributed by atoms with Crippen LogP contribution in [0.15, 0.2) is 0 Å². The van der Waals surface area contributed by atoms with Crippen LogP contribution in [-0.4, -0.2) is 31.3 Å². The van der Waals surface area contributed by atoms with Crippen molar-refractivity contribution in [1.29, 1.82) is 0 Å². The minimum absolute atomic E-state index is 0.00389. The molecule has 106 valence electrons. The molecule has 1 N–H and O–H groups in total. The number of nitrogens with one attached hydrogen (secondary N) is 1. The largest absolute Gasteiger partial charge is 0.469 e. The van der Waals surface area contributed by atoms with Gasteiger partial charge in [-0.3, -0.25) is 4.79 Å². The van der Waals surface area contributed by atoms with Crippen molar-refractivity contribution in [2.45, 2.75) is 50.7 Å². The van der Waals surface area contributed by atoms with Gasteiger partial charge in [-0.1, -0.05) is 13.3 Å². The number of methoxy groups -OCH3 is 1. The van der Waals surface area contributed by atoms with E-state index in [9.17, 15) is 18.0 Å². The third-order valence-corrected chi connectivity index (χ3v) is 3.57. The molecule has 0 saturated heterocycles. The van der Waals surface area contributed by atoms with Crippen LogP contribution in [0.3, 0.4) is 0 Å². The van der Waals surface area contributed by atoms with Gasteiger partial charge in [0.25, 0.3) is 0 Å². The van der Waals surface area contributed by atoms with E-state index in [1.54, 1.807) is 0 Å². The summed E-state index contributed by atoms with van der Waals surface area (Å²) in [5, 5.41) is 3.06. The summed E-state index contributed by atoms with van der Waals surface area (Å²) in [6, 6.07) is 0. The van der Waals surface area contributed by atoms with Crippen molar-refractivity contribution in [2.75, 3.05) is 13.7 Å². The summed E-state index contributed by atoms with van der Waals surface area (Å²) in [6.45, 7) is 2.37. The Morgan fingerprint density at radius 1 is 1.50 bits per heavy atom. The second-order valence-electron chi connectivity index (χ2n) is 4.90. The highest BCUT2D eigenvalue weighted by atomic mass is 19.4. The van der Waals surface area contributed by atoms with Gasteiger partial charge in [0.15, 0.2) is 0 Å². The summed E-state index contributed by atoms with van der Waals surface area (Å²) in [6.07, 6.45) is -3.00. The van der Waals surface area contributed by atoms with Crippen LogP contribution in [-0.2, 0) is 9.53 Å². The van der Waals surface area contributed by atoms with Crippen LogP contribution in [0.25, 0.3) is 0 Å². The van der Waals surface area contributed by atoms with E-state index in [2.05, 4.69) is 10.1 Å². The van der Waals surface area contributed by atoms with E-state index in [-0.39, 0.29) is 19.3 Å². The minimum atomic E-state index is -4.18. The Balaban J connectivity index is 2.80. The van der Waals surface area contributed by atoms with Gasteiger partial charge >= 0.3 is 12.1 Å². The average molecular weight is 267 g/mol. The molecule has 3 nitrogen and oxygen atoms in total. The van der Waals surface area contributed by atoms with Gasteiger partial charge in [0, 0.05) is 5.54 Å². The van der Waals surface area contributed by atoms with Crippen LogP contribution < -0.4 is 5.32 Å². The maximum atomic E-state index is 12.8. The first-order chi connectivity index (χ1) is 8.33. The van der Waals surface area contributed by atoms with Crippen LogP contribution in [0.5, 0.6) is 0 Å². The Morgan fingerprint density at radius 2 is 2.17 bits per heavy atom. The zero-order valence-electron chi connectivity index (χ0n) is 10.8. The summed E-state index contributed by atoms with van der Waals surface area (Å²) >= 11 is 0. The number of rotatable bonds is 4. The first-order valence-corrected chi connectivity index (χ1v) is 6.21. The summed E-state index contributed by atoms with van der Waals surface area (Å²) in [5.74, 6) is -1.78. The number of hydrogen-bond acceptors (Lipinski definition) is 3. The summed E-state index contributed by atoms with van der Waals surface area (Å²) in [7, 11) is 1.26. The van der Waals surface area contributed by atoms with E-state index in [0.29, 0.717) is 19.4 Å². The monoisotopic (exact) mass is 267 g/mol. The van der Waals surface area contributed by atoms with E-state index in [1.165, 1.54) is 7.11 Å². The van der Waals surface area contributed by atoms with E-state index in [0.717, 1.165) is 0 Å². The van der Waals surface area contributed by atoms with Gasteiger partial charge in [0.1, 0.15) is 0 Å². The Morgan fingerprint density at radius 3 is 2.67 bits per heavy atom. The number of hydrogen-bond donors (Lipinski definition) is 1. The highest BCUT2D eigenvalue weighted by Gasteiger charge is 2.48. The molecule has 0 heterocycles. The second kappa shape index (κ2) is 5.91. The SMILES string of the molecule is CCNC1(CC(=O)OC)CCCC(C(F)(F)F)C1. The number of alkyl halides is 3. The van der Waals surface area contributed by atoms with Gasteiger partial charge in [-0.2, -0.15) is 13.2 Å². The third kappa shape index (κ3) is 3.86. The van der Waals surface area contributed by atoms with Crippen molar-refractivity contribution in [3.05, 3.63) is 0 Å². The van der Waals surface area contributed by atoms with Gasteiger partial charge in [-0.25, -0.2) is 0 Å². The van der Waals surface area contributed by atoms with Crippen molar-refractivity contribution in [2.24, 2.45) is 5.92 Å².